The van der Waals surface area contributed by atoms with E-state index in [4.69, 9.17) is 4.74 Å². The third-order valence-corrected chi connectivity index (χ3v) is 2.90. The van der Waals surface area contributed by atoms with Gasteiger partial charge in [0.15, 0.2) is 0 Å². The van der Waals surface area contributed by atoms with Crippen LogP contribution >= 0.6 is 0 Å². The molecule has 0 fully saturated rings. The van der Waals surface area contributed by atoms with Crippen LogP contribution in [0.1, 0.15) is 30.9 Å². The first-order valence-electron chi connectivity index (χ1n) is 6.14. The molecule has 1 amide bonds. The van der Waals surface area contributed by atoms with E-state index >= 15 is 0 Å². The van der Waals surface area contributed by atoms with Crippen LogP contribution in [0.15, 0.2) is 18.2 Å². The summed E-state index contributed by atoms with van der Waals surface area (Å²) in [5.41, 5.74) is 4.90. The minimum Gasteiger partial charge on any atom is -0.496 e. The maximum absolute atomic E-state index is 12.0. The summed E-state index contributed by atoms with van der Waals surface area (Å²) in [7, 11) is 5.22. The molecule has 0 heterocycles. The second-order valence-electron chi connectivity index (χ2n) is 4.52. The fourth-order valence-electron chi connectivity index (χ4n) is 1.80. The molecule has 0 aliphatic heterocycles. The van der Waals surface area contributed by atoms with Crippen LogP contribution in [0.25, 0.3) is 0 Å². The number of rotatable bonds is 5. The molecule has 0 radical (unpaired) electrons. The van der Waals surface area contributed by atoms with Crippen molar-refractivity contribution in [3.8, 4) is 5.75 Å². The van der Waals surface area contributed by atoms with Gasteiger partial charge in [-0.05, 0) is 25.0 Å². The molecule has 4 nitrogen and oxygen atoms in total. The van der Waals surface area contributed by atoms with Gasteiger partial charge >= 0.3 is 0 Å². The second kappa shape index (κ2) is 6.40. The van der Waals surface area contributed by atoms with Gasteiger partial charge in [0.2, 0.25) is 5.91 Å². The Hall–Kier alpha value is -1.55. The van der Waals surface area contributed by atoms with E-state index in [2.05, 4.69) is 12.3 Å². The van der Waals surface area contributed by atoms with E-state index in [0.29, 0.717) is 0 Å². The van der Waals surface area contributed by atoms with Gasteiger partial charge in [0.25, 0.3) is 0 Å². The summed E-state index contributed by atoms with van der Waals surface area (Å²) in [6.45, 7) is 3.98. The summed E-state index contributed by atoms with van der Waals surface area (Å²) in [6.07, 6.45) is 0.943. The zero-order valence-corrected chi connectivity index (χ0v) is 11.8. The molecule has 1 rings (SSSR count). The zero-order chi connectivity index (χ0) is 13.7. The normalized spacial score (nSPS) is 12.3. The van der Waals surface area contributed by atoms with Crippen LogP contribution in [0.4, 0.5) is 0 Å². The van der Waals surface area contributed by atoms with Crippen LogP contribution < -0.4 is 10.2 Å². The fourth-order valence-corrected chi connectivity index (χ4v) is 1.80. The Morgan fingerprint density at radius 1 is 1.44 bits per heavy atom. The van der Waals surface area contributed by atoms with Gasteiger partial charge in [-0.1, -0.05) is 19.1 Å². The molecule has 100 valence electrons. The van der Waals surface area contributed by atoms with Gasteiger partial charge in [-0.25, -0.2) is 5.01 Å². The predicted octanol–water partition coefficient (Wildman–Crippen LogP) is 1.95. The molecule has 0 saturated carbocycles. The lowest BCUT2D eigenvalue weighted by Crippen LogP contribution is -2.38. The predicted molar refractivity (Wildman–Crippen MR) is 72.6 cm³/mol. The number of carbonyl (C=O) groups is 1. The lowest BCUT2D eigenvalue weighted by molar-refractivity contribution is -0.126. The first kappa shape index (κ1) is 14.5. The molecule has 1 atom stereocenters. The number of hydrazine groups is 1. The number of nitrogens with one attached hydrogen (secondary N) is 1. The Morgan fingerprint density at radius 3 is 2.61 bits per heavy atom. The Morgan fingerprint density at radius 2 is 2.11 bits per heavy atom. The maximum atomic E-state index is 12.0. The minimum absolute atomic E-state index is 0.0356. The Labute approximate surface area is 109 Å². The number of hydrogen-bond acceptors (Lipinski definition) is 3. The molecule has 4 heteroatoms. The molecule has 1 aromatic carbocycles. The van der Waals surface area contributed by atoms with E-state index in [1.54, 1.807) is 26.2 Å². The van der Waals surface area contributed by atoms with Crippen LogP contribution in [0, 0.1) is 0 Å². The van der Waals surface area contributed by atoms with E-state index in [9.17, 15) is 4.79 Å². The van der Waals surface area contributed by atoms with Crippen molar-refractivity contribution in [2.75, 3.05) is 21.2 Å². The van der Waals surface area contributed by atoms with Crippen molar-refractivity contribution in [2.45, 2.75) is 26.2 Å². The summed E-state index contributed by atoms with van der Waals surface area (Å²) < 4.78 is 5.33. The number of hydrogen-bond donors (Lipinski definition) is 1. The number of ether oxygens (including phenoxy) is 1. The number of nitrogens with zero attached hydrogens (tertiary/aromatic N) is 1. The average Bonchev–Trinajstić information content (AvgIpc) is 2.36. The molecule has 0 aliphatic rings. The molecule has 1 aromatic rings. The maximum Gasteiger partial charge on any atom is 0.241 e. The topological polar surface area (TPSA) is 41.6 Å². The third-order valence-electron chi connectivity index (χ3n) is 2.90. The first-order chi connectivity index (χ1) is 8.49. The summed E-state index contributed by atoms with van der Waals surface area (Å²) in [5.74, 6) is 0.481. The zero-order valence-electron chi connectivity index (χ0n) is 11.8. The number of carbonyl (C=O) groups excluding carboxylic acids is 1. The van der Waals surface area contributed by atoms with Crippen LogP contribution in [0.5, 0.6) is 5.75 Å². The van der Waals surface area contributed by atoms with E-state index in [-0.39, 0.29) is 11.8 Å². The highest BCUT2D eigenvalue weighted by Crippen LogP contribution is 2.28. The fraction of sp³-hybridized carbons (Fsp3) is 0.500. The van der Waals surface area contributed by atoms with Crippen molar-refractivity contribution in [2.24, 2.45) is 0 Å². The molecule has 0 spiro atoms. The lowest BCUT2D eigenvalue weighted by atomic mass is 9.96. The largest absolute Gasteiger partial charge is 0.496 e. The first-order valence-corrected chi connectivity index (χ1v) is 6.14. The van der Waals surface area contributed by atoms with Crippen molar-refractivity contribution < 1.29 is 9.53 Å². The Balaban J connectivity index is 3.02. The van der Waals surface area contributed by atoms with Gasteiger partial charge in [-0.2, -0.15) is 0 Å². The number of benzene rings is 1. The second-order valence-corrected chi connectivity index (χ2v) is 4.52. The van der Waals surface area contributed by atoms with Crippen LogP contribution in [-0.2, 0) is 11.2 Å². The molecule has 1 N–H and O–H groups in total. The van der Waals surface area contributed by atoms with Gasteiger partial charge in [-0.15, -0.1) is 0 Å². The lowest BCUT2D eigenvalue weighted by Gasteiger charge is -2.19. The molecule has 0 bridgehead atoms. The van der Waals surface area contributed by atoms with E-state index < -0.39 is 0 Å². The minimum atomic E-state index is -0.242. The van der Waals surface area contributed by atoms with Crippen molar-refractivity contribution in [1.82, 2.24) is 10.4 Å². The third kappa shape index (κ3) is 3.47. The molecular formula is C14H22N2O2. The van der Waals surface area contributed by atoms with Crippen LogP contribution in [-0.4, -0.2) is 32.1 Å². The van der Waals surface area contributed by atoms with Gasteiger partial charge in [0, 0.05) is 19.7 Å². The molecule has 1 unspecified atom stereocenters. The smallest absolute Gasteiger partial charge is 0.241 e. The standard InChI is InChI=1S/C14H22N2O2/c1-6-11-7-8-13(18-5)12(9-11)10(2)14(17)15-16(3)4/h7-10H,6H2,1-5H3,(H,15,17). The van der Waals surface area contributed by atoms with Crippen molar-refractivity contribution in [3.05, 3.63) is 29.3 Å². The SMILES string of the molecule is CCc1ccc(OC)c(C(C)C(=O)NN(C)C)c1. The summed E-state index contributed by atoms with van der Waals surface area (Å²) in [5, 5.41) is 1.65. The van der Waals surface area contributed by atoms with E-state index in [1.807, 2.05) is 25.1 Å². The average molecular weight is 250 g/mol. The quantitative estimate of drug-likeness (QED) is 0.812. The van der Waals surface area contributed by atoms with Crippen molar-refractivity contribution in [1.29, 1.82) is 0 Å². The van der Waals surface area contributed by atoms with Crippen LogP contribution in [0.3, 0.4) is 0 Å². The Bertz CT molecular complexity index is 416. The summed E-state index contributed by atoms with van der Waals surface area (Å²) in [4.78, 5) is 12.0. The van der Waals surface area contributed by atoms with Gasteiger partial charge in [0.1, 0.15) is 5.75 Å². The highest BCUT2D eigenvalue weighted by Gasteiger charge is 2.19. The summed E-state index contributed by atoms with van der Waals surface area (Å²) in [6, 6.07) is 5.99. The molecule has 0 aromatic heterocycles. The molecule has 0 saturated heterocycles. The molecule has 0 aliphatic carbocycles. The highest BCUT2D eigenvalue weighted by molar-refractivity contribution is 5.83. The van der Waals surface area contributed by atoms with Gasteiger partial charge in [0.05, 0.1) is 13.0 Å². The van der Waals surface area contributed by atoms with E-state index in [1.165, 1.54) is 5.56 Å². The number of aryl methyl sites for hydroxylation is 1. The van der Waals surface area contributed by atoms with E-state index in [0.717, 1.165) is 17.7 Å². The molecular weight excluding hydrogens is 228 g/mol. The van der Waals surface area contributed by atoms with Crippen molar-refractivity contribution in [3.63, 3.8) is 0 Å². The number of amides is 1. The van der Waals surface area contributed by atoms with Crippen molar-refractivity contribution >= 4 is 5.91 Å². The summed E-state index contributed by atoms with van der Waals surface area (Å²) >= 11 is 0. The van der Waals surface area contributed by atoms with Crippen LogP contribution in [0.2, 0.25) is 0 Å². The van der Waals surface area contributed by atoms with Gasteiger partial charge < -0.3 is 4.74 Å². The monoisotopic (exact) mass is 250 g/mol. The molecule has 18 heavy (non-hydrogen) atoms. The number of methoxy groups -OCH3 is 1. The Kier molecular flexibility index (Phi) is 5.16. The highest BCUT2D eigenvalue weighted by atomic mass is 16.5. The van der Waals surface area contributed by atoms with Gasteiger partial charge in [-0.3, -0.25) is 10.2 Å².